The summed E-state index contributed by atoms with van der Waals surface area (Å²) in [5, 5.41) is 3.31. The van der Waals surface area contributed by atoms with Gasteiger partial charge < -0.3 is 14.5 Å². The number of oxazole rings is 1. The van der Waals surface area contributed by atoms with Gasteiger partial charge in [0.15, 0.2) is 0 Å². The second kappa shape index (κ2) is 5.28. The summed E-state index contributed by atoms with van der Waals surface area (Å²) in [4.78, 5) is 4.12. The molecule has 4 nitrogen and oxygen atoms in total. The average molecular weight is 210 g/mol. The molecule has 1 N–H and O–H groups in total. The zero-order valence-corrected chi connectivity index (χ0v) is 9.16. The topological polar surface area (TPSA) is 47.3 Å². The third-order valence-electron chi connectivity index (χ3n) is 2.61. The Labute approximate surface area is 90.0 Å². The Balaban J connectivity index is 1.58. The quantitative estimate of drug-likeness (QED) is 0.750. The van der Waals surface area contributed by atoms with Gasteiger partial charge in [-0.15, -0.1) is 0 Å². The van der Waals surface area contributed by atoms with Crippen LogP contribution in [0.4, 0.5) is 0 Å². The van der Waals surface area contributed by atoms with Gasteiger partial charge in [-0.1, -0.05) is 0 Å². The van der Waals surface area contributed by atoms with E-state index in [4.69, 9.17) is 9.15 Å². The molecule has 0 aliphatic carbocycles. The summed E-state index contributed by atoms with van der Waals surface area (Å²) in [6.07, 6.45) is 5.71. The van der Waals surface area contributed by atoms with E-state index in [9.17, 15) is 0 Å². The third kappa shape index (κ3) is 3.32. The van der Waals surface area contributed by atoms with Crippen molar-refractivity contribution < 1.29 is 9.15 Å². The summed E-state index contributed by atoms with van der Waals surface area (Å²) in [6.45, 7) is 4.51. The van der Waals surface area contributed by atoms with Gasteiger partial charge in [-0.05, 0) is 32.7 Å². The van der Waals surface area contributed by atoms with Crippen molar-refractivity contribution >= 4 is 0 Å². The highest BCUT2D eigenvalue weighted by molar-refractivity contribution is 4.90. The molecule has 15 heavy (non-hydrogen) atoms. The van der Waals surface area contributed by atoms with E-state index in [0.29, 0.717) is 12.6 Å². The molecule has 0 bridgehead atoms. The predicted molar refractivity (Wildman–Crippen MR) is 56.5 cm³/mol. The number of hydrogen-bond donors (Lipinski definition) is 1. The van der Waals surface area contributed by atoms with E-state index in [1.807, 2.05) is 6.92 Å². The molecule has 1 aromatic rings. The SMILES string of the molecule is Cc1cnc(CNCCC2CCCO2)o1. The van der Waals surface area contributed by atoms with Crippen molar-refractivity contribution in [2.24, 2.45) is 0 Å². The van der Waals surface area contributed by atoms with Crippen molar-refractivity contribution in [3.63, 3.8) is 0 Å². The smallest absolute Gasteiger partial charge is 0.208 e. The van der Waals surface area contributed by atoms with Gasteiger partial charge in [0.1, 0.15) is 5.76 Å². The van der Waals surface area contributed by atoms with Crippen molar-refractivity contribution in [3.05, 3.63) is 17.8 Å². The van der Waals surface area contributed by atoms with Gasteiger partial charge in [0, 0.05) is 6.61 Å². The summed E-state index contributed by atoms with van der Waals surface area (Å²) >= 11 is 0. The van der Waals surface area contributed by atoms with Gasteiger partial charge in [0.05, 0.1) is 18.8 Å². The first-order chi connectivity index (χ1) is 7.34. The number of hydrogen-bond acceptors (Lipinski definition) is 4. The molecule has 0 radical (unpaired) electrons. The van der Waals surface area contributed by atoms with Crippen LogP contribution in [0.1, 0.15) is 30.9 Å². The number of rotatable bonds is 5. The van der Waals surface area contributed by atoms with E-state index < -0.39 is 0 Å². The highest BCUT2D eigenvalue weighted by atomic mass is 16.5. The summed E-state index contributed by atoms with van der Waals surface area (Å²) in [5.41, 5.74) is 0. The lowest BCUT2D eigenvalue weighted by Gasteiger charge is -2.08. The fraction of sp³-hybridized carbons (Fsp3) is 0.727. The Morgan fingerprint density at radius 2 is 2.53 bits per heavy atom. The van der Waals surface area contributed by atoms with Crippen LogP contribution in [0.15, 0.2) is 10.6 Å². The number of ether oxygens (including phenoxy) is 1. The fourth-order valence-electron chi connectivity index (χ4n) is 1.81. The molecule has 1 unspecified atom stereocenters. The molecule has 0 amide bonds. The largest absolute Gasteiger partial charge is 0.445 e. The van der Waals surface area contributed by atoms with Crippen LogP contribution < -0.4 is 5.32 Å². The molecule has 4 heteroatoms. The lowest BCUT2D eigenvalue weighted by Crippen LogP contribution is -2.19. The molecular formula is C11H18N2O2. The summed E-state index contributed by atoms with van der Waals surface area (Å²) in [7, 11) is 0. The first kappa shape index (κ1) is 10.6. The normalized spacial score (nSPS) is 21.0. The average Bonchev–Trinajstić information content (AvgIpc) is 2.84. The second-order valence-electron chi connectivity index (χ2n) is 3.97. The van der Waals surface area contributed by atoms with E-state index in [1.54, 1.807) is 6.20 Å². The Kier molecular flexibility index (Phi) is 3.75. The lowest BCUT2D eigenvalue weighted by atomic mass is 10.2. The predicted octanol–water partition coefficient (Wildman–Crippen LogP) is 1.64. The Morgan fingerprint density at radius 1 is 1.60 bits per heavy atom. The molecule has 0 saturated carbocycles. The Bertz CT molecular complexity index is 293. The van der Waals surface area contributed by atoms with Gasteiger partial charge in [-0.3, -0.25) is 0 Å². The minimum absolute atomic E-state index is 0.462. The van der Waals surface area contributed by atoms with Crippen molar-refractivity contribution in [2.75, 3.05) is 13.2 Å². The maximum atomic E-state index is 5.53. The van der Waals surface area contributed by atoms with Crippen LogP contribution in [0.3, 0.4) is 0 Å². The summed E-state index contributed by atoms with van der Waals surface area (Å²) < 4.78 is 10.9. The van der Waals surface area contributed by atoms with Gasteiger partial charge >= 0.3 is 0 Å². The van der Waals surface area contributed by atoms with Gasteiger partial charge in [0.2, 0.25) is 5.89 Å². The molecular weight excluding hydrogens is 192 g/mol. The van der Waals surface area contributed by atoms with Crippen molar-refractivity contribution in [2.45, 2.75) is 38.8 Å². The molecule has 2 heterocycles. The van der Waals surface area contributed by atoms with E-state index in [2.05, 4.69) is 10.3 Å². The molecule has 1 fully saturated rings. The molecule has 1 atom stereocenters. The molecule has 1 aliphatic heterocycles. The highest BCUT2D eigenvalue weighted by Crippen LogP contribution is 2.14. The minimum atomic E-state index is 0.462. The van der Waals surface area contributed by atoms with Crippen LogP contribution >= 0.6 is 0 Å². The van der Waals surface area contributed by atoms with E-state index in [0.717, 1.165) is 31.2 Å². The number of aryl methyl sites for hydroxylation is 1. The fourth-order valence-corrected chi connectivity index (χ4v) is 1.81. The first-order valence-electron chi connectivity index (χ1n) is 5.58. The maximum Gasteiger partial charge on any atom is 0.208 e. The van der Waals surface area contributed by atoms with Gasteiger partial charge in [-0.25, -0.2) is 4.98 Å². The molecule has 1 saturated heterocycles. The molecule has 84 valence electrons. The van der Waals surface area contributed by atoms with Crippen molar-refractivity contribution in [1.82, 2.24) is 10.3 Å². The zero-order chi connectivity index (χ0) is 10.5. The minimum Gasteiger partial charge on any atom is -0.445 e. The zero-order valence-electron chi connectivity index (χ0n) is 9.16. The molecule has 0 spiro atoms. The van der Waals surface area contributed by atoms with E-state index in [-0.39, 0.29) is 0 Å². The molecule has 1 aliphatic rings. The van der Waals surface area contributed by atoms with Crippen LogP contribution in [0.2, 0.25) is 0 Å². The molecule has 0 aromatic carbocycles. The van der Waals surface area contributed by atoms with Crippen LogP contribution in [0, 0.1) is 6.92 Å². The van der Waals surface area contributed by atoms with E-state index in [1.165, 1.54) is 12.8 Å². The number of nitrogens with zero attached hydrogens (tertiary/aromatic N) is 1. The monoisotopic (exact) mass is 210 g/mol. The standard InChI is InChI=1S/C11H18N2O2/c1-9-7-13-11(15-9)8-12-5-4-10-3-2-6-14-10/h7,10,12H,2-6,8H2,1H3. The molecule has 1 aromatic heterocycles. The van der Waals surface area contributed by atoms with Crippen molar-refractivity contribution in [1.29, 1.82) is 0 Å². The Hall–Kier alpha value is -0.870. The van der Waals surface area contributed by atoms with Gasteiger partial charge in [-0.2, -0.15) is 0 Å². The van der Waals surface area contributed by atoms with E-state index >= 15 is 0 Å². The van der Waals surface area contributed by atoms with Crippen LogP contribution in [-0.2, 0) is 11.3 Å². The molecule has 2 rings (SSSR count). The maximum absolute atomic E-state index is 5.53. The highest BCUT2D eigenvalue weighted by Gasteiger charge is 2.14. The lowest BCUT2D eigenvalue weighted by molar-refractivity contribution is 0.104. The number of aromatic nitrogens is 1. The van der Waals surface area contributed by atoms with Crippen LogP contribution in [-0.4, -0.2) is 24.2 Å². The summed E-state index contributed by atoms with van der Waals surface area (Å²) in [6, 6.07) is 0. The van der Waals surface area contributed by atoms with Gasteiger partial charge in [0.25, 0.3) is 0 Å². The van der Waals surface area contributed by atoms with Crippen LogP contribution in [0.25, 0.3) is 0 Å². The summed E-state index contributed by atoms with van der Waals surface area (Å²) in [5.74, 6) is 1.63. The second-order valence-corrected chi connectivity index (χ2v) is 3.97. The van der Waals surface area contributed by atoms with Crippen molar-refractivity contribution in [3.8, 4) is 0 Å². The Morgan fingerprint density at radius 3 is 3.20 bits per heavy atom. The van der Waals surface area contributed by atoms with Crippen LogP contribution in [0.5, 0.6) is 0 Å². The number of nitrogens with one attached hydrogen (secondary N) is 1. The first-order valence-corrected chi connectivity index (χ1v) is 5.58. The third-order valence-corrected chi connectivity index (χ3v) is 2.61.